The smallest absolute Gasteiger partial charge is 0.161 e. The van der Waals surface area contributed by atoms with Crippen LogP contribution in [0.4, 0.5) is 11.4 Å². The van der Waals surface area contributed by atoms with Crippen LogP contribution in [-0.2, 0) is 6.61 Å². The van der Waals surface area contributed by atoms with Gasteiger partial charge in [-0.1, -0.05) is 65.7 Å². The number of hydrogen-bond acceptors (Lipinski definition) is 4. The average molecular weight is 535 g/mol. The first-order valence-electron chi connectivity index (χ1n) is 13.3. The Kier molecular flexibility index (Phi) is 7.12. The lowest BCUT2D eigenvalue weighted by molar-refractivity contribution is 0.284. The summed E-state index contributed by atoms with van der Waals surface area (Å²) in [5.41, 5.74) is 8.12. The molecule has 1 heterocycles. The molecule has 1 N–H and O–H groups in total. The summed E-state index contributed by atoms with van der Waals surface area (Å²) in [5, 5.41) is 4.51. The number of nitrogens with one attached hydrogen (secondary N) is 1. The topological polar surface area (TPSA) is 42.8 Å². The van der Waals surface area contributed by atoms with Gasteiger partial charge in [0, 0.05) is 22.8 Å². The van der Waals surface area contributed by atoms with E-state index >= 15 is 0 Å². The first kappa shape index (κ1) is 25.3. The number of halogens is 1. The first-order valence-corrected chi connectivity index (χ1v) is 13.7. The SMILES string of the molecule is COc1cc(C=Nc2ccc([C@@H]3Nc4ccc(C)cc4[C@H]4C=CC[C@@H]43)cc2)ccc1OCc1cccc(Cl)c1. The number of ether oxygens (including phenoxy) is 2. The van der Waals surface area contributed by atoms with Crippen LogP contribution in [0.1, 0.15) is 46.2 Å². The van der Waals surface area contributed by atoms with E-state index in [1.54, 1.807) is 7.11 Å². The molecule has 4 aromatic carbocycles. The summed E-state index contributed by atoms with van der Waals surface area (Å²) in [5.74, 6) is 2.34. The van der Waals surface area contributed by atoms with E-state index in [1.165, 1.54) is 22.4 Å². The maximum atomic E-state index is 6.08. The van der Waals surface area contributed by atoms with Gasteiger partial charge in [-0.25, -0.2) is 0 Å². The van der Waals surface area contributed by atoms with Crippen LogP contribution in [-0.4, -0.2) is 13.3 Å². The normalized spacial score (nSPS) is 19.4. The maximum absolute atomic E-state index is 6.08. The number of allylic oxidation sites excluding steroid dienone is 2. The molecular weight excluding hydrogens is 504 g/mol. The Morgan fingerprint density at radius 1 is 0.974 bits per heavy atom. The molecule has 0 unspecified atom stereocenters. The third kappa shape index (κ3) is 5.43. The van der Waals surface area contributed by atoms with E-state index in [9.17, 15) is 0 Å². The average Bonchev–Trinajstić information content (AvgIpc) is 3.46. The summed E-state index contributed by atoms with van der Waals surface area (Å²) >= 11 is 6.08. The van der Waals surface area contributed by atoms with Gasteiger partial charge in [-0.15, -0.1) is 0 Å². The van der Waals surface area contributed by atoms with E-state index in [4.69, 9.17) is 26.1 Å². The van der Waals surface area contributed by atoms with Gasteiger partial charge in [0.25, 0.3) is 0 Å². The van der Waals surface area contributed by atoms with E-state index in [2.05, 4.69) is 66.9 Å². The van der Waals surface area contributed by atoms with Crippen LogP contribution in [0.3, 0.4) is 0 Å². The van der Waals surface area contributed by atoms with Crippen molar-refractivity contribution >= 4 is 29.2 Å². The largest absolute Gasteiger partial charge is 0.493 e. The van der Waals surface area contributed by atoms with E-state index < -0.39 is 0 Å². The van der Waals surface area contributed by atoms with Crippen LogP contribution in [0.25, 0.3) is 0 Å². The number of methoxy groups -OCH3 is 1. The highest BCUT2D eigenvalue weighted by atomic mass is 35.5. The third-order valence-electron chi connectivity index (χ3n) is 7.60. The number of nitrogens with zero attached hydrogens (tertiary/aromatic N) is 1. The number of aliphatic imine (C=N–C) groups is 1. The molecule has 0 fully saturated rings. The standard InChI is InChI=1S/C34H31ClN2O2/c1-22-9-15-31-30(17-22)28-7-4-8-29(28)34(37-31)25-11-13-27(14-12-25)36-20-23-10-16-32(33(19-23)38-2)39-21-24-5-3-6-26(35)18-24/h3-7,9-20,28-29,34,37H,8,21H2,1-2H3/t28-,29-,34-/m0/s1. The van der Waals surface area contributed by atoms with Gasteiger partial charge in [0.1, 0.15) is 6.61 Å². The lowest BCUT2D eigenvalue weighted by atomic mass is 9.76. The van der Waals surface area contributed by atoms with Gasteiger partial charge in [-0.3, -0.25) is 4.99 Å². The molecule has 0 saturated carbocycles. The molecule has 39 heavy (non-hydrogen) atoms. The highest BCUT2D eigenvalue weighted by Gasteiger charge is 2.37. The third-order valence-corrected chi connectivity index (χ3v) is 7.84. The summed E-state index contributed by atoms with van der Waals surface area (Å²) in [7, 11) is 1.64. The van der Waals surface area contributed by atoms with Crippen molar-refractivity contribution < 1.29 is 9.47 Å². The molecular formula is C34H31ClN2O2. The van der Waals surface area contributed by atoms with Gasteiger partial charge in [0.05, 0.1) is 18.8 Å². The molecule has 0 saturated heterocycles. The fourth-order valence-corrected chi connectivity index (χ4v) is 5.85. The number of anilines is 1. The van der Waals surface area contributed by atoms with E-state index in [0.29, 0.717) is 35.0 Å². The zero-order chi connectivity index (χ0) is 26.8. The molecule has 0 radical (unpaired) electrons. The number of rotatable bonds is 7. The van der Waals surface area contributed by atoms with Crippen LogP contribution in [0, 0.1) is 12.8 Å². The van der Waals surface area contributed by atoms with Crippen molar-refractivity contribution in [2.75, 3.05) is 12.4 Å². The highest BCUT2D eigenvalue weighted by molar-refractivity contribution is 6.30. The van der Waals surface area contributed by atoms with Crippen molar-refractivity contribution in [3.63, 3.8) is 0 Å². The van der Waals surface area contributed by atoms with Gasteiger partial charge in [0.2, 0.25) is 0 Å². The van der Waals surface area contributed by atoms with Gasteiger partial charge >= 0.3 is 0 Å². The molecule has 1 aliphatic carbocycles. The van der Waals surface area contributed by atoms with Crippen LogP contribution < -0.4 is 14.8 Å². The van der Waals surface area contributed by atoms with Crippen molar-refractivity contribution in [2.45, 2.75) is 31.9 Å². The Hall–Kier alpha value is -4.02. The van der Waals surface area contributed by atoms with Crippen molar-refractivity contribution in [2.24, 2.45) is 10.9 Å². The predicted octanol–water partition coefficient (Wildman–Crippen LogP) is 8.81. The predicted molar refractivity (Wildman–Crippen MR) is 160 cm³/mol. The zero-order valence-corrected chi connectivity index (χ0v) is 22.9. The minimum absolute atomic E-state index is 0.280. The Labute approximate surface area is 235 Å². The Balaban J connectivity index is 1.14. The Morgan fingerprint density at radius 2 is 1.85 bits per heavy atom. The number of aryl methyl sites for hydroxylation is 1. The number of hydrogen-bond donors (Lipinski definition) is 1. The quantitative estimate of drug-likeness (QED) is 0.190. The molecule has 0 spiro atoms. The van der Waals surface area contributed by atoms with Crippen molar-refractivity contribution in [1.82, 2.24) is 0 Å². The van der Waals surface area contributed by atoms with Crippen molar-refractivity contribution in [3.8, 4) is 11.5 Å². The second-order valence-electron chi connectivity index (χ2n) is 10.2. The molecule has 0 aromatic heterocycles. The Bertz CT molecular complexity index is 1540. The van der Waals surface area contributed by atoms with E-state index in [-0.39, 0.29) is 6.04 Å². The first-order chi connectivity index (χ1) is 19.1. The molecule has 0 amide bonds. The van der Waals surface area contributed by atoms with Gasteiger partial charge < -0.3 is 14.8 Å². The lowest BCUT2D eigenvalue weighted by Gasteiger charge is -2.37. The molecule has 5 heteroatoms. The van der Waals surface area contributed by atoms with Gasteiger partial charge in [-0.05, 0) is 90.0 Å². The summed E-state index contributed by atoms with van der Waals surface area (Å²) in [6, 6.07) is 29.1. The number of fused-ring (bicyclic) bond motifs is 3. The summed E-state index contributed by atoms with van der Waals surface area (Å²) in [4.78, 5) is 4.71. The highest BCUT2D eigenvalue weighted by Crippen LogP contribution is 2.50. The van der Waals surface area contributed by atoms with E-state index in [1.807, 2.05) is 48.7 Å². The minimum atomic E-state index is 0.280. The molecule has 1 aliphatic heterocycles. The van der Waals surface area contributed by atoms with Crippen LogP contribution in [0.5, 0.6) is 11.5 Å². The number of benzene rings is 4. The second-order valence-corrected chi connectivity index (χ2v) is 10.7. The monoisotopic (exact) mass is 534 g/mol. The van der Waals surface area contributed by atoms with Gasteiger partial charge in [0.15, 0.2) is 11.5 Å². The second kappa shape index (κ2) is 11.0. The van der Waals surface area contributed by atoms with Crippen LogP contribution in [0.2, 0.25) is 5.02 Å². The Morgan fingerprint density at radius 3 is 2.67 bits per heavy atom. The molecule has 2 aliphatic rings. The van der Waals surface area contributed by atoms with Crippen molar-refractivity contribution in [3.05, 3.63) is 130 Å². The van der Waals surface area contributed by atoms with Gasteiger partial charge in [-0.2, -0.15) is 0 Å². The van der Waals surface area contributed by atoms with Crippen LogP contribution in [0.15, 0.2) is 102 Å². The summed E-state index contributed by atoms with van der Waals surface area (Å²) in [6.45, 7) is 2.58. The van der Waals surface area contributed by atoms with Crippen LogP contribution >= 0.6 is 11.6 Å². The molecule has 196 valence electrons. The zero-order valence-electron chi connectivity index (χ0n) is 22.1. The molecule has 4 aromatic rings. The summed E-state index contributed by atoms with van der Waals surface area (Å²) in [6.07, 6.45) is 7.67. The minimum Gasteiger partial charge on any atom is -0.493 e. The molecule has 0 bridgehead atoms. The maximum Gasteiger partial charge on any atom is 0.161 e. The van der Waals surface area contributed by atoms with E-state index in [0.717, 1.165) is 23.2 Å². The fraction of sp³-hybridized carbons (Fsp3) is 0.206. The lowest BCUT2D eigenvalue weighted by Crippen LogP contribution is -2.29. The molecule has 4 nitrogen and oxygen atoms in total. The molecule has 6 rings (SSSR count). The summed E-state index contributed by atoms with van der Waals surface area (Å²) < 4.78 is 11.6. The molecule has 3 atom stereocenters. The fourth-order valence-electron chi connectivity index (χ4n) is 5.63. The van der Waals surface area contributed by atoms with Crippen molar-refractivity contribution in [1.29, 1.82) is 0 Å².